The van der Waals surface area contributed by atoms with Gasteiger partial charge in [0.15, 0.2) is 6.10 Å². The van der Waals surface area contributed by atoms with Gasteiger partial charge in [0, 0.05) is 5.56 Å². The smallest absolute Gasteiger partial charge is 0.273 e. The number of rotatable bonds is 4. The number of phenols is 1. The molecule has 0 aliphatic rings. The first-order valence-electron chi connectivity index (χ1n) is 6.45. The predicted molar refractivity (Wildman–Crippen MR) is 79.9 cm³/mol. The highest BCUT2D eigenvalue weighted by atomic mass is 16.3. The maximum atomic E-state index is 11.8. The van der Waals surface area contributed by atoms with Gasteiger partial charge in [-0.3, -0.25) is 4.79 Å². The lowest BCUT2D eigenvalue weighted by Gasteiger charge is -2.09. The van der Waals surface area contributed by atoms with E-state index in [1.165, 1.54) is 6.07 Å². The summed E-state index contributed by atoms with van der Waals surface area (Å²) in [5.41, 5.74) is 3.75. The Bertz CT molecular complexity index is 654. The van der Waals surface area contributed by atoms with E-state index in [2.05, 4.69) is 10.5 Å². The van der Waals surface area contributed by atoms with Crippen molar-refractivity contribution in [1.29, 1.82) is 0 Å². The molecule has 5 nitrogen and oxygen atoms in total. The third kappa shape index (κ3) is 3.67. The maximum absolute atomic E-state index is 11.8. The van der Waals surface area contributed by atoms with Crippen molar-refractivity contribution >= 4 is 11.6 Å². The van der Waals surface area contributed by atoms with Crippen LogP contribution in [0.5, 0.6) is 5.75 Å². The summed E-state index contributed by atoms with van der Waals surface area (Å²) in [7, 11) is 0. The average molecular weight is 284 g/mol. The summed E-state index contributed by atoms with van der Waals surface area (Å²) in [4.78, 5) is 11.8. The van der Waals surface area contributed by atoms with Gasteiger partial charge in [0.05, 0.1) is 5.71 Å². The molecule has 0 bridgehead atoms. The Labute approximate surface area is 122 Å². The number of benzene rings is 2. The third-order valence-electron chi connectivity index (χ3n) is 2.99. The van der Waals surface area contributed by atoms with Crippen LogP contribution in [0.2, 0.25) is 0 Å². The second-order valence-electron chi connectivity index (χ2n) is 4.50. The van der Waals surface area contributed by atoms with Crippen molar-refractivity contribution in [3.05, 3.63) is 65.7 Å². The minimum absolute atomic E-state index is 0.0802. The summed E-state index contributed by atoms with van der Waals surface area (Å²) in [6, 6.07) is 15.3. The van der Waals surface area contributed by atoms with E-state index in [1.54, 1.807) is 55.5 Å². The van der Waals surface area contributed by atoms with Gasteiger partial charge < -0.3 is 10.2 Å². The summed E-state index contributed by atoms with van der Waals surface area (Å²) in [6.07, 6.45) is -1.29. The number of phenolic OH excluding ortho intramolecular Hbond substituents is 1. The molecule has 0 aliphatic carbocycles. The summed E-state index contributed by atoms with van der Waals surface area (Å²) in [6.45, 7) is 1.66. The highest BCUT2D eigenvalue weighted by Gasteiger charge is 2.16. The van der Waals surface area contributed by atoms with Crippen LogP contribution >= 0.6 is 0 Å². The van der Waals surface area contributed by atoms with Gasteiger partial charge in [-0.15, -0.1) is 0 Å². The summed E-state index contributed by atoms with van der Waals surface area (Å²) < 4.78 is 0. The van der Waals surface area contributed by atoms with Crippen molar-refractivity contribution in [3.8, 4) is 5.75 Å². The molecule has 5 heteroatoms. The van der Waals surface area contributed by atoms with E-state index in [1.807, 2.05) is 0 Å². The number of hydrazone groups is 1. The maximum Gasteiger partial charge on any atom is 0.273 e. The molecule has 0 radical (unpaired) electrons. The largest absolute Gasteiger partial charge is 0.507 e. The lowest BCUT2D eigenvalue weighted by Crippen LogP contribution is -2.26. The zero-order valence-electron chi connectivity index (χ0n) is 11.5. The minimum Gasteiger partial charge on any atom is -0.507 e. The highest BCUT2D eigenvalue weighted by molar-refractivity contribution is 6.01. The fourth-order valence-electron chi connectivity index (χ4n) is 1.83. The van der Waals surface area contributed by atoms with E-state index in [0.717, 1.165) is 0 Å². The van der Waals surface area contributed by atoms with Crippen molar-refractivity contribution in [2.45, 2.75) is 13.0 Å². The number of aromatic hydroxyl groups is 1. The van der Waals surface area contributed by atoms with E-state index in [0.29, 0.717) is 16.8 Å². The van der Waals surface area contributed by atoms with Gasteiger partial charge in [0.25, 0.3) is 5.91 Å². The predicted octanol–water partition coefficient (Wildman–Crippen LogP) is 1.97. The topological polar surface area (TPSA) is 81.9 Å². The van der Waals surface area contributed by atoms with Crippen molar-refractivity contribution in [2.24, 2.45) is 5.10 Å². The normalized spacial score (nSPS) is 12.8. The number of para-hydroxylation sites is 1. The van der Waals surface area contributed by atoms with E-state index >= 15 is 0 Å². The number of hydrogen-bond donors (Lipinski definition) is 3. The van der Waals surface area contributed by atoms with Gasteiger partial charge in [-0.1, -0.05) is 42.5 Å². The first kappa shape index (κ1) is 14.7. The number of nitrogens with zero attached hydrogens (tertiary/aromatic N) is 1. The number of aliphatic hydroxyl groups is 1. The molecule has 3 N–H and O–H groups in total. The third-order valence-corrected chi connectivity index (χ3v) is 2.99. The number of carbonyl (C=O) groups is 1. The van der Waals surface area contributed by atoms with Gasteiger partial charge in [0.1, 0.15) is 5.75 Å². The van der Waals surface area contributed by atoms with Crippen molar-refractivity contribution in [1.82, 2.24) is 5.43 Å². The van der Waals surface area contributed by atoms with Crippen LogP contribution in [0.25, 0.3) is 0 Å². The zero-order valence-corrected chi connectivity index (χ0v) is 11.5. The second-order valence-corrected chi connectivity index (χ2v) is 4.50. The van der Waals surface area contributed by atoms with Gasteiger partial charge in [0.2, 0.25) is 0 Å². The lowest BCUT2D eigenvalue weighted by molar-refractivity contribution is -0.129. The lowest BCUT2D eigenvalue weighted by atomic mass is 10.1. The Morgan fingerprint density at radius 3 is 2.38 bits per heavy atom. The molecule has 0 aliphatic heterocycles. The fraction of sp³-hybridized carbons (Fsp3) is 0.125. The van der Waals surface area contributed by atoms with Crippen LogP contribution in [-0.4, -0.2) is 21.8 Å². The molecule has 108 valence electrons. The molecular weight excluding hydrogens is 268 g/mol. The molecule has 2 aromatic rings. The van der Waals surface area contributed by atoms with Crippen LogP contribution in [0.15, 0.2) is 59.7 Å². The van der Waals surface area contributed by atoms with Crippen LogP contribution in [-0.2, 0) is 4.79 Å². The minimum atomic E-state index is -1.29. The number of hydrogen-bond acceptors (Lipinski definition) is 4. The number of aliphatic hydroxyl groups excluding tert-OH is 1. The van der Waals surface area contributed by atoms with Crippen LogP contribution < -0.4 is 5.43 Å². The average Bonchev–Trinajstić information content (AvgIpc) is 2.52. The van der Waals surface area contributed by atoms with E-state index in [4.69, 9.17) is 0 Å². The molecule has 2 aromatic carbocycles. The van der Waals surface area contributed by atoms with Crippen LogP contribution in [0, 0.1) is 0 Å². The SMILES string of the molecule is C/C(=N/NC(=O)[C@@H](O)c1ccccc1)c1ccccc1O. The molecule has 1 atom stereocenters. The molecule has 2 rings (SSSR count). The molecule has 1 amide bonds. The molecule has 0 aromatic heterocycles. The van der Waals surface area contributed by atoms with Crippen LogP contribution in [0.3, 0.4) is 0 Å². The molecule has 0 saturated carbocycles. The number of amides is 1. The standard InChI is InChI=1S/C16H16N2O3/c1-11(13-9-5-6-10-14(13)19)17-18-16(21)15(20)12-7-3-2-4-8-12/h2-10,15,19-20H,1H3,(H,18,21)/b17-11-/t15-/m0/s1. The molecule has 0 spiro atoms. The molecule has 0 saturated heterocycles. The first-order chi connectivity index (χ1) is 10.1. The summed E-state index contributed by atoms with van der Waals surface area (Å²) in [5, 5.41) is 23.5. The van der Waals surface area contributed by atoms with Crippen LogP contribution in [0.4, 0.5) is 0 Å². The van der Waals surface area contributed by atoms with E-state index < -0.39 is 12.0 Å². The Morgan fingerprint density at radius 1 is 1.10 bits per heavy atom. The summed E-state index contributed by atoms with van der Waals surface area (Å²) >= 11 is 0. The Balaban J connectivity index is 2.07. The van der Waals surface area contributed by atoms with Crippen molar-refractivity contribution in [3.63, 3.8) is 0 Å². The second kappa shape index (κ2) is 6.67. The quantitative estimate of drug-likeness (QED) is 0.593. The van der Waals surface area contributed by atoms with Gasteiger partial charge in [-0.05, 0) is 24.6 Å². The zero-order chi connectivity index (χ0) is 15.2. The number of nitrogens with one attached hydrogen (secondary N) is 1. The Hall–Kier alpha value is -2.66. The van der Waals surface area contributed by atoms with E-state index in [-0.39, 0.29) is 5.75 Å². The fourth-order valence-corrected chi connectivity index (χ4v) is 1.83. The van der Waals surface area contributed by atoms with Crippen molar-refractivity contribution in [2.75, 3.05) is 0 Å². The van der Waals surface area contributed by atoms with Crippen LogP contribution in [0.1, 0.15) is 24.2 Å². The molecule has 21 heavy (non-hydrogen) atoms. The van der Waals surface area contributed by atoms with Gasteiger partial charge in [-0.25, -0.2) is 5.43 Å². The Morgan fingerprint density at radius 2 is 1.71 bits per heavy atom. The highest BCUT2D eigenvalue weighted by Crippen LogP contribution is 2.16. The molecule has 0 unspecified atom stereocenters. The first-order valence-corrected chi connectivity index (χ1v) is 6.45. The number of carbonyl (C=O) groups excluding carboxylic acids is 1. The Kier molecular flexibility index (Phi) is 4.68. The summed E-state index contributed by atoms with van der Waals surface area (Å²) in [5.74, 6) is -0.549. The monoisotopic (exact) mass is 284 g/mol. The molecule has 0 heterocycles. The molecular formula is C16H16N2O3. The van der Waals surface area contributed by atoms with Gasteiger partial charge in [-0.2, -0.15) is 5.10 Å². The van der Waals surface area contributed by atoms with E-state index in [9.17, 15) is 15.0 Å². The van der Waals surface area contributed by atoms with Crippen molar-refractivity contribution < 1.29 is 15.0 Å². The van der Waals surface area contributed by atoms with Gasteiger partial charge >= 0.3 is 0 Å². The molecule has 0 fully saturated rings.